The Morgan fingerprint density at radius 3 is 2.65 bits per heavy atom. The number of halogens is 1. The number of carbonyl (C=O) groups excluding carboxylic acids is 2. The van der Waals surface area contributed by atoms with Gasteiger partial charge in [-0.3, -0.25) is 9.59 Å². The minimum atomic E-state index is -0.551. The first-order valence-corrected chi connectivity index (χ1v) is 7.97. The summed E-state index contributed by atoms with van der Waals surface area (Å²) in [6.45, 7) is -0.366. The third-order valence-electron chi connectivity index (χ3n) is 2.84. The molecule has 1 aromatic carbocycles. The Hall–Kier alpha value is -2.03. The largest absolute Gasteiger partial charge is 0.390 e. The van der Waals surface area contributed by atoms with E-state index in [2.05, 4.69) is 10.3 Å². The van der Waals surface area contributed by atoms with E-state index in [9.17, 15) is 14.7 Å². The van der Waals surface area contributed by atoms with Crippen molar-refractivity contribution in [2.24, 2.45) is 5.73 Å². The summed E-state index contributed by atoms with van der Waals surface area (Å²) in [6.07, 6.45) is 1.45. The van der Waals surface area contributed by atoms with Crippen LogP contribution in [0.3, 0.4) is 0 Å². The second-order valence-electron chi connectivity index (χ2n) is 4.59. The van der Waals surface area contributed by atoms with Crippen molar-refractivity contribution in [2.45, 2.75) is 18.3 Å². The van der Waals surface area contributed by atoms with Crippen LogP contribution >= 0.6 is 23.4 Å². The number of rotatable bonds is 7. The van der Waals surface area contributed by atoms with Crippen LogP contribution in [0.25, 0.3) is 0 Å². The molecular formula is C14H15ClN4O3S. The molecule has 7 nitrogen and oxygen atoms in total. The van der Waals surface area contributed by atoms with E-state index in [0.717, 1.165) is 11.8 Å². The summed E-state index contributed by atoms with van der Waals surface area (Å²) < 4.78 is 1.49. The Balaban J connectivity index is 1.97. The van der Waals surface area contributed by atoms with Gasteiger partial charge in [0.15, 0.2) is 5.16 Å². The molecule has 1 aromatic heterocycles. The van der Waals surface area contributed by atoms with Gasteiger partial charge in [0.25, 0.3) is 0 Å². The quantitative estimate of drug-likeness (QED) is 0.648. The van der Waals surface area contributed by atoms with Crippen molar-refractivity contribution in [1.29, 1.82) is 0 Å². The fraction of sp³-hybridized carbons (Fsp3) is 0.214. The zero-order valence-electron chi connectivity index (χ0n) is 12.0. The zero-order valence-corrected chi connectivity index (χ0v) is 13.6. The van der Waals surface area contributed by atoms with Crippen LogP contribution < -0.4 is 11.1 Å². The minimum Gasteiger partial charge on any atom is -0.390 e. The van der Waals surface area contributed by atoms with Crippen molar-refractivity contribution in [3.8, 4) is 0 Å². The second kappa shape index (κ2) is 8.00. The number of amides is 2. The van der Waals surface area contributed by atoms with E-state index in [-0.39, 0.29) is 24.8 Å². The number of aromatic nitrogens is 2. The maximum absolute atomic E-state index is 11.9. The second-order valence-corrected chi connectivity index (χ2v) is 5.97. The topological polar surface area (TPSA) is 110 Å². The van der Waals surface area contributed by atoms with E-state index in [1.807, 2.05) is 0 Å². The molecule has 2 aromatic rings. The Labute approximate surface area is 141 Å². The van der Waals surface area contributed by atoms with Gasteiger partial charge in [0.05, 0.1) is 24.3 Å². The van der Waals surface area contributed by atoms with Crippen molar-refractivity contribution in [3.05, 3.63) is 41.2 Å². The lowest BCUT2D eigenvalue weighted by atomic mass is 10.3. The van der Waals surface area contributed by atoms with Crippen LogP contribution in [-0.2, 0) is 22.7 Å². The number of carbonyl (C=O) groups is 2. The van der Waals surface area contributed by atoms with E-state index in [1.165, 1.54) is 10.8 Å². The number of primary amides is 1. The number of aliphatic hydroxyl groups is 1. The lowest BCUT2D eigenvalue weighted by Crippen LogP contribution is -2.21. The summed E-state index contributed by atoms with van der Waals surface area (Å²) in [5, 5.41) is 13.0. The van der Waals surface area contributed by atoms with Crippen molar-refractivity contribution >= 4 is 40.9 Å². The van der Waals surface area contributed by atoms with Gasteiger partial charge in [-0.15, -0.1) is 0 Å². The number of benzene rings is 1. The molecule has 0 unspecified atom stereocenters. The highest BCUT2D eigenvalue weighted by Crippen LogP contribution is 2.19. The SMILES string of the molecule is NC(=O)Cn1c(CO)cnc1SCC(=O)Nc1ccc(Cl)cc1. The average molecular weight is 355 g/mol. The van der Waals surface area contributed by atoms with Crippen LogP contribution in [0.5, 0.6) is 0 Å². The Bertz CT molecular complexity index is 703. The number of nitrogens with one attached hydrogen (secondary N) is 1. The fourth-order valence-electron chi connectivity index (χ4n) is 1.82. The third-order valence-corrected chi connectivity index (χ3v) is 4.08. The van der Waals surface area contributed by atoms with Crippen LogP contribution in [0.4, 0.5) is 5.69 Å². The van der Waals surface area contributed by atoms with Crippen LogP contribution in [0.15, 0.2) is 35.6 Å². The van der Waals surface area contributed by atoms with E-state index in [1.54, 1.807) is 24.3 Å². The molecule has 1 heterocycles. The molecule has 0 aliphatic carbocycles. The molecule has 9 heteroatoms. The molecular weight excluding hydrogens is 340 g/mol. The molecule has 0 bridgehead atoms. The molecule has 4 N–H and O–H groups in total. The van der Waals surface area contributed by atoms with Gasteiger partial charge in [0.2, 0.25) is 11.8 Å². The maximum atomic E-state index is 11.9. The van der Waals surface area contributed by atoms with Crippen molar-refractivity contribution in [3.63, 3.8) is 0 Å². The van der Waals surface area contributed by atoms with Gasteiger partial charge in [0.1, 0.15) is 6.54 Å². The first-order chi connectivity index (χ1) is 11.0. The molecule has 0 saturated carbocycles. The van der Waals surface area contributed by atoms with E-state index in [4.69, 9.17) is 17.3 Å². The van der Waals surface area contributed by atoms with Crippen molar-refractivity contribution < 1.29 is 14.7 Å². The normalized spacial score (nSPS) is 10.5. The standard InChI is InChI=1S/C14H15ClN4O3S/c15-9-1-3-10(4-2-9)18-13(22)8-23-14-17-5-11(7-20)19(14)6-12(16)21/h1-5,20H,6-8H2,(H2,16,21)(H,18,22). The summed E-state index contributed by atoms with van der Waals surface area (Å²) in [7, 11) is 0. The maximum Gasteiger partial charge on any atom is 0.237 e. The number of thioether (sulfide) groups is 1. The van der Waals surface area contributed by atoms with Gasteiger partial charge in [-0.2, -0.15) is 0 Å². The third kappa shape index (κ3) is 4.98. The van der Waals surface area contributed by atoms with Crippen LogP contribution in [-0.4, -0.2) is 32.2 Å². The number of aliphatic hydroxyl groups excluding tert-OH is 1. The number of nitrogens with zero attached hydrogens (tertiary/aromatic N) is 2. The molecule has 0 aliphatic heterocycles. The van der Waals surface area contributed by atoms with Gasteiger partial charge in [0, 0.05) is 10.7 Å². The molecule has 2 rings (SSSR count). The Kier molecular flexibility index (Phi) is 6.03. The molecule has 2 amide bonds. The van der Waals surface area contributed by atoms with E-state index >= 15 is 0 Å². The highest BCUT2D eigenvalue weighted by Gasteiger charge is 2.13. The van der Waals surface area contributed by atoms with Gasteiger partial charge >= 0.3 is 0 Å². The molecule has 0 aliphatic rings. The smallest absolute Gasteiger partial charge is 0.237 e. The first-order valence-electron chi connectivity index (χ1n) is 6.61. The Morgan fingerprint density at radius 1 is 1.35 bits per heavy atom. The number of anilines is 1. The lowest BCUT2D eigenvalue weighted by molar-refractivity contribution is -0.118. The summed E-state index contributed by atoms with van der Waals surface area (Å²) in [5.74, 6) is -0.676. The minimum absolute atomic E-state index is 0.100. The molecule has 0 radical (unpaired) electrons. The predicted octanol–water partition coefficient (Wildman–Crippen LogP) is 1.24. The van der Waals surface area contributed by atoms with Crippen LogP contribution in [0.2, 0.25) is 5.02 Å². The summed E-state index contributed by atoms with van der Waals surface area (Å²) in [6, 6.07) is 6.75. The van der Waals surface area contributed by atoms with Crippen molar-refractivity contribution in [2.75, 3.05) is 11.1 Å². The molecule has 122 valence electrons. The molecule has 0 fully saturated rings. The summed E-state index contributed by atoms with van der Waals surface area (Å²) in [5.41, 5.74) is 6.28. The molecule has 0 atom stereocenters. The van der Waals surface area contributed by atoms with Gasteiger partial charge in [-0.1, -0.05) is 23.4 Å². The lowest BCUT2D eigenvalue weighted by Gasteiger charge is -2.08. The molecule has 0 saturated heterocycles. The number of hydrogen-bond acceptors (Lipinski definition) is 5. The van der Waals surface area contributed by atoms with E-state index < -0.39 is 5.91 Å². The molecule has 0 spiro atoms. The Morgan fingerprint density at radius 2 is 2.04 bits per heavy atom. The number of nitrogens with two attached hydrogens (primary N) is 1. The van der Waals surface area contributed by atoms with Crippen LogP contribution in [0.1, 0.15) is 5.69 Å². The number of imidazole rings is 1. The van der Waals surface area contributed by atoms with Crippen molar-refractivity contribution in [1.82, 2.24) is 9.55 Å². The predicted molar refractivity (Wildman–Crippen MR) is 88.1 cm³/mol. The van der Waals surface area contributed by atoms with E-state index in [0.29, 0.717) is 21.6 Å². The summed E-state index contributed by atoms with van der Waals surface area (Å²) in [4.78, 5) is 27.1. The molecule has 23 heavy (non-hydrogen) atoms. The summed E-state index contributed by atoms with van der Waals surface area (Å²) >= 11 is 6.93. The van der Waals surface area contributed by atoms with Gasteiger partial charge < -0.3 is 20.7 Å². The average Bonchev–Trinajstić information content (AvgIpc) is 2.89. The highest BCUT2D eigenvalue weighted by atomic mass is 35.5. The monoisotopic (exact) mass is 354 g/mol. The highest BCUT2D eigenvalue weighted by molar-refractivity contribution is 7.99. The van der Waals surface area contributed by atoms with Gasteiger partial charge in [-0.05, 0) is 24.3 Å². The fourth-order valence-corrected chi connectivity index (χ4v) is 2.74. The number of hydrogen-bond donors (Lipinski definition) is 3. The van der Waals surface area contributed by atoms with Crippen LogP contribution in [0, 0.1) is 0 Å². The van der Waals surface area contributed by atoms with Gasteiger partial charge in [-0.25, -0.2) is 4.98 Å². The zero-order chi connectivity index (χ0) is 16.8. The first kappa shape index (κ1) is 17.3.